The van der Waals surface area contributed by atoms with Gasteiger partial charge in [-0.25, -0.2) is 5.48 Å². The van der Waals surface area contributed by atoms with Gasteiger partial charge in [0.2, 0.25) is 5.91 Å². The molecule has 1 rings (SSSR count). The van der Waals surface area contributed by atoms with Gasteiger partial charge in [-0.1, -0.05) is 17.7 Å². The van der Waals surface area contributed by atoms with E-state index in [2.05, 4.69) is 0 Å². The van der Waals surface area contributed by atoms with E-state index in [4.69, 9.17) is 21.5 Å². The van der Waals surface area contributed by atoms with Gasteiger partial charge in [0.25, 0.3) is 0 Å². The van der Waals surface area contributed by atoms with Crippen molar-refractivity contribution >= 4 is 17.5 Å². The van der Waals surface area contributed by atoms with Crippen molar-refractivity contribution in [1.82, 2.24) is 5.48 Å². The van der Waals surface area contributed by atoms with Gasteiger partial charge in [-0.3, -0.25) is 10.0 Å². The van der Waals surface area contributed by atoms with Crippen LogP contribution in [0, 0.1) is 0 Å². The summed E-state index contributed by atoms with van der Waals surface area (Å²) in [7, 11) is 1.53. The van der Waals surface area contributed by atoms with Gasteiger partial charge in [-0.15, -0.1) is 0 Å². The summed E-state index contributed by atoms with van der Waals surface area (Å²) in [5, 5.41) is 8.76. The lowest BCUT2D eigenvalue weighted by atomic mass is 10.1. The highest BCUT2D eigenvalue weighted by molar-refractivity contribution is 6.31. The van der Waals surface area contributed by atoms with Gasteiger partial charge >= 0.3 is 0 Å². The molecule has 0 aliphatic carbocycles. The third-order valence-electron chi connectivity index (χ3n) is 1.74. The average Bonchev–Trinajstić information content (AvgIpc) is 2.20. The van der Waals surface area contributed by atoms with Gasteiger partial charge in [0.05, 0.1) is 13.5 Å². The van der Waals surface area contributed by atoms with Crippen molar-refractivity contribution in [3.8, 4) is 5.75 Å². The summed E-state index contributed by atoms with van der Waals surface area (Å²) in [5.74, 6) is 0.125. The van der Waals surface area contributed by atoms with Crippen LogP contribution in [0.4, 0.5) is 0 Å². The second kappa shape index (κ2) is 4.83. The van der Waals surface area contributed by atoms with E-state index in [1.807, 2.05) is 0 Å². The minimum Gasteiger partial charge on any atom is -0.497 e. The van der Waals surface area contributed by atoms with Crippen LogP contribution < -0.4 is 10.2 Å². The van der Waals surface area contributed by atoms with Gasteiger partial charge < -0.3 is 4.74 Å². The van der Waals surface area contributed by atoms with Crippen molar-refractivity contribution in [2.24, 2.45) is 0 Å². The Balaban J connectivity index is 2.83. The number of methoxy groups -OCH3 is 1. The van der Waals surface area contributed by atoms with E-state index in [0.717, 1.165) is 0 Å². The maximum atomic E-state index is 10.8. The number of nitrogens with one attached hydrogen (secondary N) is 1. The molecular formula is C9H10ClNO3. The van der Waals surface area contributed by atoms with E-state index >= 15 is 0 Å². The number of hydrogen-bond acceptors (Lipinski definition) is 3. The van der Waals surface area contributed by atoms with Crippen LogP contribution in [0.15, 0.2) is 18.2 Å². The van der Waals surface area contributed by atoms with E-state index in [-0.39, 0.29) is 6.42 Å². The maximum Gasteiger partial charge on any atom is 0.247 e. The van der Waals surface area contributed by atoms with Crippen LogP contribution in [0.5, 0.6) is 5.75 Å². The molecule has 2 N–H and O–H groups in total. The summed E-state index contributed by atoms with van der Waals surface area (Å²) < 4.78 is 4.95. The molecule has 1 aromatic rings. The Morgan fingerprint density at radius 3 is 2.86 bits per heavy atom. The molecule has 0 unspecified atom stereocenters. The van der Waals surface area contributed by atoms with Crippen LogP contribution in [0.25, 0.3) is 0 Å². The highest BCUT2D eigenvalue weighted by Gasteiger charge is 2.06. The fraction of sp³-hybridized carbons (Fsp3) is 0.222. The van der Waals surface area contributed by atoms with Crippen molar-refractivity contribution < 1.29 is 14.7 Å². The first kappa shape index (κ1) is 10.8. The second-order valence-corrected chi connectivity index (χ2v) is 3.08. The number of rotatable bonds is 3. The first-order chi connectivity index (χ1) is 6.67. The Kier molecular flexibility index (Phi) is 3.73. The predicted octanol–water partition coefficient (Wildman–Crippen LogP) is 1.40. The van der Waals surface area contributed by atoms with Gasteiger partial charge in [-0.05, 0) is 17.7 Å². The minimum absolute atomic E-state index is 0.0410. The number of carbonyl (C=O) groups excluding carboxylic acids is 1. The van der Waals surface area contributed by atoms with Crippen molar-refractivity contribution in [2.75, 3.05) is 7.11 Å². The van der Waals surface area contributed by atoms with Crippen LogP contribution in [0.2, 0.25) is 5.02 Å². The van der Waals surface area contributed by atoms with Gasteiger partial charge in [0.15, 0.2) is 0 Å². The molecule has 0 atom stereocenters. The number of ether oxygens (including phenoxy) is 1. The standard InChI is InChI=1S/C9H10ClNO3/c1-14-7-3-2-6(8(10)5-7)4-9(12)11-13/h2-3,5,13H,4H2,1H3,(H,11,12). The number of amides is 1. The number of carbonyl (C=O) groups is 1. The molecule has 0 saturated heterocycles. The van der Waals surface area contributed by atoms with Gasteiger partial charge in [-0.2, -0.15) is 0 Å². The summed E-state index contributed by atoms with van der Waals surface area (Å²) in [6.07, 6.45) is 0.0410. The normalized spacial score (nSPS) is 9.64. The summed E-state index contributed by atoms with van der Waals surface area (Å²) in [4.78, 5) is 10.8. The molecule has 1 aromatic carbocycles. The fourth-order valence-electron chi connectivity index (χ4n) is 1.01. The van der Waals surface area contributed by atoms with Crippen molar-refractivity contribution in [3.05, 3.63) is 28.8 Å². The third-order valence-corrected chi connectivity index (χ3v) is 2.09. The molecule has 0 bridgehead atoms. The molecule has 0 spiro atoms. The van der Waals surface area contributed by atoms with Crippen LogP contribution >= 0.6 is 11.6 Å². The Morgan fingerprint density at radius 2 is 2.36 bits per heavy atom. The number of benzene rings is 1. The summed E-state index contributed by atoms with van der Waals surface area (Å²) >= 11 is 5.87. The maximum absolute atomic E-state index is 10.8. The van der Waals surface area contributed by atoms with Crippen molar-refractivity contribution in [2.45, 2.75) is 6.42 Å². The first-order valence-electron chi connectivity index (χ1n) is 3.92. The quantitative estimate of drug-likeness (QED) is 0.592. The van der Waals surface area contributed by atoms with Crippen LogP contribution in [0.1, 0.15) is 5.56 Å². The molecule has 0 aliphatic heterocycles. The lowest BCUT2D eigenvalue weighted by Crippen LogP contribution is -2.20. The monoisotopic (exact) mass is 215 g/mol. The molecule has 5 heteroatoms. The lowest BCUT2D eigenvalue weighted by Gasteiger charge is -2.05. The topological polar surface area (TPSA) is 58.6 Å². The zero-order valence-electron chi connectivity index (χ0n) is 7.58. The van der Waals surface area contributed by atoms with Crippen LogP contribution in [-0.4, -0.2) is 18.2 Å². The van der Waals surface area contributed by atoms with Gasteiger partial charge in [0.1, 0.15) is 5.75 Å². The van der Waals surface area contributed by atoms with Gasteiger partial charge in [0, 0.05) is 5.02 Å². The molecule has 0 saturated carbocycles. The smallest absolute Gasteiger partial charge is 0.247 e. The molecule has 0 radical (unpaired) electrons. The highest BCUT2D eigenvalue weighted by Crippen LogP contribution is 2.22. The molecule has 0 aromatic heterocycles. The Morgan fingerprint density at radius 1 is 1.64 bits per heavy atom. The van der Waals surface area contributed by atoms with E-state index in [9.17, 15) is 4.79 Å². The average molecular weight is 216 g/mol. The minimum atomic E-state index is -0.503. The zero-order chi connectivity index (χ0) is 10.6. The fourth-order valence-corrected chi connectivity index (χ4v) is 1.25. The summed E-state index contributed by atoms with van der Waals surface area (Å²) in [5.41, 5.74) is 2.18. The zero-order valence-corrected chi connectivity index (χ0v) is 8.34. The molecule has 14 heavy (non-hydrogen) atoms. The summed E-state index contributed by atoms with van der Waals surface area (Å²) in [6.45, 7) is 0. The van der Waals surface area contributed by atoms with E-state index in [1.54, 1.807) is 23.7 Å². The van der Waals surface area contributed by atoms with E-state index in [0.29, 0.717) is 16.3 Å². The molecule has 1 amide bonds. The molecule has 0 aliphatic rings. The van der Waals surface area contributed by atoms with Crippen molar-refractivity contribution in [1.29, 1.82) is 0 Å². The first-order valence-corrected chi connectivity index (χ1v) is 4.30. The molecule has 0 heterocycles. The second-order valence-electron chi connectivity index (χ2n) is 2.67. The number of halogens is 1. The number of hydrogen-bond donors (Lipinski definition) is 2. The third kappa shape index (κ3) is 2.61. The predicted molar refractivity (Wildman–Crippen MR) is 51.6 cm³/mol. The Hall–Kier alpha value is -1.26. The van der Waals surface area contributed by atoms with E-state index in [1.165, 1.54) is 7.11 Å². The lowest BCUT2D eigenvalue weighted by molar-refractivity contribution is -0.128. The van der Waals surface area contributed by atoms with E-state index < -0.39 is 5.91 Å². The molecule has 4 nitrogen and oxygen atoms in total. The Labute approximate surface area is 86.4 Å². The molecular weight excluding hydrogens is 206 g/mol. The molecule has 0 fully saturated rings. The summed E-state index contributed by atoms with van der Waals surface area (Å²) in [6, 6.07) is 4.99. The molecule has 76 valence electrons. The highest BCUT2D eigenvalue weighted by atomic mass is 35.5. The number of hydroxylamine groups is 1. The van der Waals surface area contributed by atoms with Crippen LogP contribution in [0.3, 0.4) is 0 Å². The largest absolute Gasteiger partial charge is 0.497 e. The van der Waals surface area contributed by atoms with Crippen LogP contribution in [-0.2, 0) is 11.2 Å². The van der Waals surface area contributed by atoms with Crippen molar-refractivity contribution in [3.63, 3.8) is 0 Å². The SMILES string of the molecule is COc1ccc(CC(=O)NO)c(Cl)c1. The Bertz CT molecular complexity index is 341.